The maximum Gasteiger partial charge on any atom is 0.311 e. The van der Waals surface area contributed by atoms with Crippen LogP contribution in [0.4, 0.5) is 5.69 Å². The van der Waals surface area contributed by atoms with Gasteiger partial charge in [0.05, 0.1) is 17.7 Å². The molecular formula is C18H19N3O4. The zero-order valence-corrected chi connectivity index (χ0v) is 14.1. The first-order chi connectivity index (χ1) is 12.0. The van der Waals surface area contributed by atoms with E-state index in [1.165, 1.54) is 18.3 Å². The van der Waals surface area contributed by atoms with Gasteiger partial charge in [0.2, 0.25) is 0 Å². The number of carbonyl (C=O) groups is 1. The smallest absolute Gasteiger partial charge is 0.311 e. The van der Waals surface area contributed by atoms with E-state index in [-0.39, 0.29) is 17.3 Å². The second-order valence-electron chi connectivity index (χ2n) is 5.40. The third-order valence-corrected chi connectivity index (χ3v) is 3.33. The summed E-state index contributed by atoms with van der Waals surface area (Å²) in [6.07, 6.45) is 2.11. The fraction of sp³-hybridized carbons (Fsp3) is 0.222. The zero-order valence-electron chi connectivity index (χ0n) is 14.1. The zero-order chi connectivity index (χ0) is 18.2. The fourth-order valence-corrected chi connectivity index (χ4v) is 2.03. The summed E-state index contributed by atoms with van der Waals surface area (Å²) in [6.45, 7) is 4.26. The number of nitro groups is 1. The number of amides is 1. The molecule has 2 rings (SSSR count). The second kappa shape index (κ2) is 8.58. The average Bonchev–Trinajstić information content (AvgIpc) is 2.60. The molecule has 0 aliphatic carbocycles. The number of hydrazone groups is 1. The Morgan fingerprint density at radius 2 is 2.00 bits per heavy atom. The molecule has 0 unspecified atom stereocenters. The van der Waals surface area contributed by atoms with Crippen molar-refractivity contribution in [1.82, 2.24) is 5.43 Å². The number of nitrogens with one attached hydrogen (secondary N) is 1. The maximum atomic E-state index is 11.9. The molecule has 1 amide bonds. The van der Waals surface area contributed by atoms with Gasteiger partial charge in [-0.25, -0.2) is 5.43 Å². The predicted octanol–water partition coefficient (Wildman–Crippen LogP) is 3.46. The minimum absolute atomic E-state index is 0.137. The van der Waals surface area contributed by atoms with Crippen molar-refractivity contribution >= 4 is 17.8 Å². The molecule has 2 aromatic rings. The van der Waals surface area contributed by atoms with Gasteiger partial charge in [0, 0.05) is 17.2 Å². The van der Waals surface area contributed by atoms with Gasteiger partial charge in [-0.3, -0.25) is 14.9 Å². The van der Waals surface area contributed by atoms with Crippen LogP contribution in [0.5, 0.6) is 5.75 Å². The molecule has 0 atom stereocenters. The van der Waals surface area contributed by atoms with Gasteiger partial charge in [-0.2, -0.15) is 5.10 Å². The van der Waals surface area contributed by atoms with E-state index in [1.54, 1.807) is 18.2 Å². The molecule has 0 saturated heterocycles. The quantitative estimate of drug-likeness (QED) is 0.474. The van der Waals surface area contributed by atoms with Crippen LogP contribution in [0.15, 0.2) is 47.6 Å². The molecule has 0 heterocycles. The van der Waals surface area contributed by atoms with E-state index in [0.29, 0.717) is 17.7 Å². The lowest BCUT2D eigenvalue weighted by Crippen LogP contribution is -2.17. The molecule has 7 nitrogen and oxygen atoms in total. The topological polar surface area (TPSA) is 93.8 Å². The summed E-state index contributed by atoms with van der Waals surface area (Å²) < 4.78 is 5.36. The largest absolute Gasteiger partial charge is 0.487 e. The number of carbonyl (C=O) groups excluding carboxylic acids is 1. The number of nitro benzene ring substituents is 1. The Bertz CT molecular complexity index is 785. The normalized spacial score (nSPS) is 10.6. The van der Waals surface area contributed by atoms with Crippen LogP contribution in [0.1, 0.15) is 34.8 Å². The summed E-state index contributed by atoms with van der Waals surface area (Å²) >= 11 is 0. The van der Waals surface area contributed by atoms with Crippen LogP contribution in [-0.2, 0) is 0 Å². The number of benzene rings is 2. The first-order valence-electron chi connectivity index (χ1n) is 7.82. The Labute approximate surface area is 145 Å². The minimum atomic E-state index is -0.507. The van der Waals surface area contributed by atoms with E-state index in [2.05, 4.69) is 10.5 Å². The molecule has 7 heteroatoms. The first kappa shape index (κ1) is 18.1. The standard InChI is InChI=1S/C18H19N3O4/c1-3-10-25-17-9-6-14(11-16(17)21(23)24)12-19-20-18(22)15-7-4-13(2)5-8-15/h4-9,11-12H,3,10H2,1-2H3,(H,20,22)/b19-12-. The van der Waals surface area contributed by atoms with Crippen LogP contribution >= 0.6 is 0 Å². The highest BCUT2D eigenvalue weighted by Crippen LogP contribution is 2.27. The average molecular weight is 341 g/mol. The summed E-state index contributed by atoms with van der Waals surface area (Å²) in [5.74, 6) is -0.138. The van der Waals surface area contributed by atoms with Crippen LogP contribution in [0.2, 0.25) is 0 Å². The number of hydrogen-bond donors (Lipinski definition) is 1. The molecule has 0 aliphatic rings. The number of rotatable bonds is 7. The van der Waals surface area contributed by atoms with E-state index in [1.807, 2.05) is 26.0 Å². The molecule has 0 spiro atoms. The minimum Gasteiger partial charge on any atom is -0.487 e. The Balaban J connectivity index is 2.07. The Kier molecular flexibility index (Phi) is 6.22. The van der Waals surface area contributed by atoms with Gasteiger partial charge in [0.15, 0.2) is 5.75 Å². The van der Waals surface area contributed by atoms with E-state index in [0.717, 1.165) is 12.0 Å². The van der Waals surface area contributed by atoms with Crippen LogP contribution in [-0.4, -0.2) is 23.7 Å². The maximum absolute atomic E-state index is 11.9. The van der Waals surface area contributed by atoms with Crippen molar-refractivity contribution in [3.63, 3.8) is 0 Å². The summed E-state index contributed by atoms with van der Waals surface area (Å²) in [7, 11) is 0. The second-order valence-corrected chi connectivity index (χ2v) is 5.40. The van der Waals surface area contributed by atoms with Gasteiger partial charge in [-0.15, -0.1) is 0 Å². The molecular weight excluding hydrogens is 322 g/mol. The summed E-state index contributed by atoms with van der Waals surface area (Å²) in [5, 5.41) is 15.0. The summed E-state index contributed by atoms with van der Waals surface area (Å²) in [4.78, 5) is 22.6. The third kappa shape index (κ3) is 5.13. The molecule has 0 bridgehead atoms. The van der Waals surface area contributed by atoms with Crippen molar-refractivity contribution in [3.05, 3.63) is 69.3 Å². The fourth-order valence-electron chi connectivity index (χ4n) is 2.03. The molecule has 0 aromatic heterocycles. The van der Waals surface area contributed by atoms with Gasteiger partial charge in [0.25, 0.3) is 5.91 Å². The Hall–Kier alpha value is -3.22. The first-order valence-corrected chi connectivity index (χ1v) is 7.82. The van der Waals surface area contributed by atoms with Crippen molar-refractivity contribution in [3.8, 4) is 5.75 Å². The Morgan fingerprint density at radius 1 is 1.28 bits per heavy atom. The van der Waals surface area contributed by atoms with Gasteiger partial charge < -0.3 is 4.74 Å². The lowest BCUT2D eigenvalue weighted by Gasteiger charge is -2.05. The molecule has 130 valence electrons. The van der Waals surface area contributed by atoms with Crippen LogP contribution in [0.25, 0.3) is 0 Å². The van der Waals surface area contributed by atoms with Crippen molar-refractivity contribution in [1.29, 1.82) is 0 Å². The van der Waals surface area contributed by atoms with Crippen molar-refractivity contribution < 1.29 is 14.5 Å². The van der Waals surface area contributed by atoms with Gasteiger partial charge >= 0.3 is 5.69 Å². The van der Waals surface area contributed by atoms with Crippen molar-refractivity contribution in [2.75, 3.05) is 6.61 Å². The molecule has 0 saturated carbocycles. The van der Waals surface area contributed by atoms with Crippen LogP contribution < -0.4 is 10.2 Å². The van der Waals surface area contributed by atoms with Gasteiger partial charge in [0.1, 0.15) is 0 Å². The molecule has 0 aliphatic heterocycles. The van der Waals surface area contributed by atoms with Gasteiger partial charge in [-0.05, 0) is 37.6 Å². The summed E-state index contributed by atoms with van der Waals surface area (Å²) in [5.41, 5.74) is 4.28. The van der Waals surface area contributed by atoms with E-state index in [9.17, 15) is 14.9 Å². The summed E-state index contributed by atoms with van der Waals surface area (Å²) in [6, 6.07) is 11.6. The molecule has 0 fully saturated rings. The van der Waals surface area contributed by atoms with E-state index < -0.39 is 4.92 Å². The monoisotopic (exact) mass is 341 g/mol. The lowest BCUT2D eigenvalue weighted by molar-refractivity contribution is -0.385. The number of nitrogens with zero attached hydrogens (tertiary/aromatic N) is 2. The van der Waals surface area contributed by atoms with Crippen molar-refractivity contribution in [2.45, 2.75) is 20.3 Å². The van der Waals surface area contributed by atoms with E-state index in [4.69, 9.17) is 4.74 Å². The third-order valence-electron chi connectivity index (χ3n) is 3.33. The highest BCUT2D eigenvalue weighted by Gasteiger charge is 2.15. The number of aryl methyl sites for hydroxylation is 1. The number of ether oxygens (including phenoxy) is 1. The molecule has 25 heavy (non-hydrogen) atoms. The van der Waals surface area contributed by atoms with E-state index >= 15 is 0 Å². The van der Waals surface area contributed by atoms with Crippen LogP contribution in [0, 0.1) is 17.0 Å². The van der Waals surface area contributed by atoms with Gasteiger partial charge in [-0.1, -0.05) is 24.6 Å². The molecule has 1 N–H and O–H groups in total. The number of hydrogen-bond acceptors (Lipinski definition) is 5. The molecule has 2 aromatic carbocycles. The lowest BCUT2D eigenvalue weighted by atomic mass is 10.1. The van der Waals surface area contributed by atoms with Crippen molar-refractivity contribution in [2.24, 2.45) is 5.10 Å². The van der Waals surface area contributed by atoms with Crippen LogP contribution in [0.3, 0.4) is 0 Å². The Morgan fingerprint density at radius 3 is 2.64 bits per heavy atom. The highest BCUT2D eigenvalue weighted by atomic mass is 16.6. The molecule has 0 radical (unpaired) electrons. The predicted molar refractivity (Wildman–Crippen MR) is 95.1 cm³/mol. The highest BCUT2D eigenvalue weighted by molar-refractivity contribution is 5.95. The SMILES string of the molecule is CCCOc1ccc(/C=N\NC(=O)c2ccc(C)cc2)cc1[N+](=O)[O-].